The highest BCUT2D eigenvalue weighted by atomic mass is 32.1. The van der Waals surface area contributed by atoms with Crippen molar-refractivity contribution in [3.63, 3.8) is 0 Å². The number of amides is 1. The topological polar surface area (TPSA) is 65.8 Å². The van der Waals surface area contributed by atoms with Gasteiger partial charge in [0.05, 0.1) is 17.3 Å². The van der Waals surface area contributed by atoms with Crippen molar-refractivity contribution in [3.05, 3.63) is 35.2 Å². The summed E-state index contributed by atoms with van der Waals surface area (Å²) in [4.78, 5) is 16.1. The van der Waals surface area contributed by atoms with E-state index in [1.54, 1.807) is 29.6 Å². The second-order valence-electron chi connectivity index (χ2n) is 5.48. The molecule has 0 bridgehead atoms. The average Bonchev–Trinajstić information content (AvgIpc) is 2.93. The molecule has 1 aliphatic carbocycles. The van der Waals surface area contributed by atoms with Crippen molar-refractivity contribution < 1.29 is 13.6 Å². The lowest BCUT2D eigenvalue weighted by molar-refractivity contribution is -0.116. The minimum absolute atomic E-state index is 0.0754. The van der Waals surface area contributed by atoms with Crippen molar-refractivity contribution in [1.29, 1.82) is 5.26 Å². The molecule has 1 atom stereocenters. The van der Waals surface area contributed by atoms with E-state index in [0.29, 0.717) is 16.4 Å². The zero-order valence-corrected chi connectivity index (χ0v) is 12.9. The van der Waals surface area contributed by atoms with Crippen molar-refractivity contribution in [2.75, 3.05) is 5.32 Å². The highest BCUT2D eigenvalue weighted by Gasteiger charge is 2.56. The number of aromatic nitrogens is 1. The van der Waals surface area contributed by atoms with Crippen LogP contribution in [0.25, 0.3) is 11.3 Å². The van der Waals surface area contributed by atoms with Crippen LogP contribution in [0.2, 0.25) is 0 Å². The molecule has 1 amide bonds. The maximum absolute atomic E-state index is 12.8. The number of hydrogen-bond donors (Lipinski definition) is 1. The van der Waals surface area contributed by atoms with Gasteiger partial charge in [-0.2, -0.15) is 5.26 Å². The number of anilines is 1. The summed E-state index contributed by atoms with van der Waals surface area (Å²) in [7, 11) is 0. The van der Waals surface area contributed by atoms with Gasteiger partial charge in [-0.3, -0.25) is 4.79 Å². The molecule has 1 fully saturated rings. The lowest BCUT2D eigenvalue weighted by atomic mass is 10.1. The van der Waals surface area contributed by atoms with Crippen molar-refractivity contribution >= 4 is 22.4 Å². The van der Waals surface area contributed by atoms with Crippen LogP contribution in [0.5, 0.6) is 0 Å². The molecule has 0 spiro atoms. The normalized spacial score (nSPS) is 18.2. The van der Waals surface area contributed by atoms with Crippen molar-refractivity contribution in [1.82, 2.24) is 4.98 Å². The second-order valence-corrected chi connectivity index (χ2v) is 6.33. The summed E-state index contributed by atoms with van der Waals surface area (Å²) in [6, 6.07) is 9.01. The number of rotatable bonds is 5. The van der Waals surface area contributed by atoms with E-state index in [1.807, 2.05) is 6.07 Å². The van der Waals surface area contributed by atoms with Gasteiger partial charge in [-0.1, -0.05) is 12.1 Å². The molecular weight excluding hydrogens is 320 g/mol. The van der Waals surface area contributed by atoms with E-state index in [0.717, 1.165) is 5.56 Å². The molecule has 118 valence electrons. The summed E-state index contributed by atoms with van der Waals surface area (Å²) in [5.41, 5.74) is 2.11. The van der Waals surface area contributed by atoms with Gasteiger partial charge < -0.3 is 5.32 Å². The quantitative estimate of drug-likeness (QED) is 0.897. The van der Waals surface area contributed by atoms with E-state index in [-0.39, 0.29) is 25.2 Å². The largest absolute Gasteiger partial charge is 0.302 e. The van der Waals surface area contributed by atoms with Gasteiger partial charge in [0, 0.05) is 29.7 Å². The molecular formula is C16H13F2N3OS. The summed E-state index contributed by atoms with van der Waals surface area (Å²) in [6.45, 7) is 0. The Hall–Kier alpha value is -2.33. The molecule has 1 unspecified atom stereocenters. The number of carbonyl (C=O) groups excluding carboxylic acids is 1. The van der Waals surface area contributed by atoms with Crippen LogP contribution < -0.4 is 5.32 Å². The van der Waals surface area contributed by atoms with E-state index in [1.165, 1.54) is 11.3 Å². The third-order valence-electron chi connectivity index (χ3n) is 3.74. The smallest absolute Gasteiger partial charge is 0.251 e. The Bertz CT molecular complexity index is 764. The summed E-state index contributed by atoms with van der Waals surface area (Å²) in [6.07, 6.45) is 0.166. The predicted molar refractivity (Wildman–Crippen MR) is 83.2 cm³/mol. The van der Waals surface area contributed by atoms with Crippen LogP contribution >= 0.6 is 11.3 Å². The molecule has 0 aliphatic heterocycles. The maximum atomic E-state index is 12.8. The number of carbonyl (C=O) groups is 1. The molecule has 1 aromatic carbocycles. The first kappa shape index (κ1) is 15.6. The van der Waals surface area contributed by atoms with Gasteiger partial charge in [0.1, 0.15) is 0 Å². The highest BCUT2D eigenvalue weighted by Crippen LogP contribution is 2.51. The fourth-order valence-corrected chi connectivity index (χ4v) is 2.99. The first-order valence-corrected chi connectivity index (χ1v) is 7.99. The number of nitriles is 1. The van der Waals surface area contributed by atoms with Gasteiger partial charge in [0.2, 0.25) is 5.91 Å². The SMILES string of the molecule is N#Cc1ccc(-c2csc(NC(=O)CCC3CC3(F)F)n2)cc1. The van der Waals surface area contributed by atoms with Crippen LogP contribution in [0.4, 0.5) is 13.9 Å². The Balaban J connectivity index is 1.56. The molecule has 1 N–H and O–H groups in total. The van der Waals surface area contributed by atoms with Crippen LogP contribution in [-0.2, 0) is 4.79 Å². The van der Waals surface area contributed by atoms with E-state index >= 15 is 0 Å². The fourth-order valence-electron chi connectivity index (χ4n) is 2.25. The Morgan fingerprint density at radius 2 is 2.13 bits per heavy atom. The number of nitrogens with zero attached hydrogens (tertiary/aromatic N) is 2. The number of benzene rings is 1. The van der Waals surface area contributed by atoms with E-state index in [2.05, 4.69) is 10.3 Å². The highest BCUT2D eigenvalue weighted by molar-refractivity contribution is 7.14. The first-order chi connectivity index (χ1) is 11.0. The third-order valence-corrected chi connectivity index (χ3v) is 4.49. The van der Waals surface area contributed by atoms with E-state index < -0.39 is 11.8 Å². The molecule has 1 aliphatic rings. The maximum Gasteiger partial charge on any atom is 0.251 e. The lowest BCUT2D eigenvalue weighted by Crippen LogP contribution is -2.11. The number of hydrogen-bond acceptors (Lipinski definition) is 4. The molecule has 1 saturated carbocycles. The first-order valence-electron chi connectivity index (χ1n) is 7.12. The molecule has 7 heteroatoms. The van der Waals surface area contributed by atoms with Gasteiger partial charge in [-0.25, -0.2) is 13.8 Å². The van der Waals surface area contributed by atoms with Gasteiger partial charge in [0.25, 0.3) is 5.92 Å². The number of nitrogens with one attached hydrogen (secondary N) is 1. The monoisotopic (exact) mass is 333 g/mol. The van der Waals surface area contributed by atoms with Gasteiger partial charge in [0.15, 0.2) is 5.13 Å². The fraction of sp³-hybridized carbons (Fsp3) is 0.312. The summed E-state index contributed by atoms with van der Waals surface area (Å²) >= 11 is 1.28. The average molecular weight is 333 g/mol. The van der Waals surface area contributed by atoms with Crippen molar-refractivity contribution in [3.8, 4) is 17.3 Å². The molecule has 2 aromatic rings. The Labute approximate surface area is 135 Å². The number of alkyl halides is 2. The van der Waals surface area contributed by atoms with Crippen LogP contribution in [0.15, 0.2) is 29.6 Å². The molecule has 1 heterocycles. The second kappa shape index (κ2) is 6.05. The van der Waals surface area contributed by atoms with E-state index in [4.69, 9.17) is 5.26 Å². The number of halogens is 2. The summed E-state index contributed by atoms with van der Waals surface area (Å²) < 4.78 is 25.5. The zero-order chi connectivity index (χ0) is 16.4. The Morgan fingerprint density at radius 3 is 2.74 bits per heavy atom. The molecule has 1 aromatic heterocycles. The Kier molecular flexibility index (Phi) is 4.09. The van der Waals surface area contributed by atoms with Crippen molar-refractivity contribution in [2.45, 2.75) is 25.2 Å². The Morgan fingerprint density at radius 1 is 1.43 bits per heavy atom. The molecule has 0 radical (unpaired) electrons. The molecule has 4 nitrogen and oxygen atoms in total. The van der Waals surface area contributed by atoms with E-state index in [9.17, 15) is 13.6 Å². The lowest BCUT2D eigenvalue weighted by Gasteiger charge is -2.01. The standard InChI is InChI=1S/C16H13F2N3OS/c17-16(18)7-12(16)5-6-14(22)21-15-20-13(9-23-15)11-3-1-10(8-19)2-4-11/h1-4,9,12H,5-7H2,(H,20,21,22). The third kappa shape index (κ3) is 3.71. The molecule has 3 rings (SSSR count). The molecule has 0 saturated heterocycles. The minimum atomic E-state index is -2.58. The minimum Gasteiger partial charge on any atom is -0.302 e. The van der Waals surface area contributed by atoms with Crippen LogP contribution in [0, 0.1) is 17.2 Å². The van der Waals surface area contributed by atoms with Crippen molar-refractivity contribution in [2.24, 2.45) is 5.92 Å². The van der Waals surface area contributed by atoms with Gasteiger partial charge >= 0.3 is 0 Å². The van der Waals surface area contributed by atoms with Crippen LogP contribution in [0.1, 0.15) is 24.8 Å². The molecule has 23 heavy (non-hydrogen) atoms. The summed E-state index contributed by atoms with van der Waals surface area (Å²) in [5.74, 6) is -3.53. The van der Waals surface area contributed by atoms with Gasteiger partial charge in [-0.15, -0.1) is 11.3 Å². The number of thiazole rings is 1. The zero-order valence-electron chi connectivity index (χ0n) is 12.1. The van der Waals surface area contributed by atoms with Gasteiger partial charge in [-0.05, 0) is 18.6 Å². The van der Waals surface area contributed by atoms with Crippen LogP contribution in [0.3, 0.4) is 0 Å². The predicted octanol–water partition coefficient (Wildman–Crippen LogP) is 4.06. The van der Waals surface area contributed by atoms with Crippen LogP contribution in [-0.4, -0.2) is 16.8 Å². The summed E-state index contributed by atoms with van der Waals surface area (Å²) in [5, 5.41) is 13.6.